The summed E-state index contributed by atoms with van der Waals surface area (Å²) in [4.78, 5) is 14.6. The van der Waals surface area contributed by atoms with Gasteiger partial charge in [-0.05, 0) is 56.1 Å². The number of halogens is 1. The van der Waals surface area contributed by atoms with Crippen molar-refractivity contribution in [2.24, 2.45) is 11.1 Å². The van der Waals surface area contributed by atoms with Crippen molar-refractivity contribution < 1.29 is 9.53 Å². The highest BCUT2D eigenvalue weighted by atomic mass is 35.5. The largest absolute Gasteiger partial charge is 0.455 e. The Labute approximate surface area is 167 Å². The number of likely N-dealkylation sites (tertiary alicyclic amines) is 1. The molecule has 1 aliphatic rings. The highest BCUT2D eigenvalue weighted by Crippen LogP contribution is 2.30. The molecule has 1 atom stereocenters. The third-order valence-electron chi connectivity index (χ3n) is 4.91. The van der Waals surface area contributed by atoms with Crippen molar-refractivity contribution in [3.05, 3.63) is 54.1 Å². The third kappa shape index (κ3) is 5.70. The average Bonchev–Trinajstić information content (AvgIpc) is 3.00. The summed E-state index contributed by atoms with van der Waals surface area (Å²) in [5.74, 6) is 1.35. The van der Waals surface area contributed by atoms with Gasteiger partial charge in [0.15, 0.2) is 5.75 Å². The normalized spacial score (nSPS) is 19.4. The zero-order chi connectivity index (χ0) is 18.6. The van der Waals surface area contributed by atoms with E-state index in [1.165, 1.54) is 5.56 Å². The molecule has 146 valence electrons. The van der Waals surface area contributed by atoms with E-state index in [9.17, 15) is 4.79 Å². The zero-order valence-electron chi connectivity index (χ0n) is 15.9. The van der Waals surface area contributed by atoms with E-state index in [1.807, 2.05) is 55.5 Å². The third-order valence-corrected chi connectivity index (χ3v) is 4.91. The Morgan fingerprint density at radius 2 is 1.93 bits per heavy atom. The van der Waals surface area contributed by atoms with E-state index >= 15 is 0 Å². The lowest BCUT2D eigenvalue weighted by atomic mass is 9.90. The van der Waals surface area contributed by atoms with Crippen LogP contribution < -0.4 is 15.8 Å². The van der Waals surface area contributed by atoms with E-state index < -0.39 is 0 Å². The first kappa shape index (κ1) is 21.2. The minimum atomic E-state index is -0.0359. The Kier molecular flexibility index (Phi) is 7.25. The predicted octanol–water partition coefficient (Wildman–Crippen LogP) is 3.82. The number of hydrogen-bond donors (Lipinski definition) is 2. The number of ether oxygens (including phenoxy) is 1. The Balaban J connectivity index is 0.00000261. The van der Waals surface area contributed by atoms with Gasteiger partial charge in [0.05, 0.1) is 12.2 Å². The minimum Gasteiger partial charge on any atom is -0.455 e. The molecule has 2 aromatic rings. The lowest BCUT2D eigenvalue weighted by Gasteiger charge is -2.22. The van der Waals surface area contributed by atoms with Crippen molar-refractivity contribution in [2.75, 3.05) is 31.5 Å². The molecule has 0 aliphatic carbocycles. The van der Waals surface area contributed by atoms with Gasteiger partial charge in [0.1, 0.15) is 5.75 Å². The molecule has 0 saturated carbocycles. The summed E-state index contributed by atoms with van der Waals surface area (Å²) in [5.41, 5.74) is 7.82. The van der Waals surface area contributed by atoms with Crippen LogP contribution in [0.15, 0.2) is 48.5 Å². The lowest BCUT2D eigenvalue weighted by Crippen LogP contribution is -2.35. The monoisotopic (exact) mass is 389 g/mol. The topological polar surface area (TPSA) is 67.6 Å². The van der Waals surface area contributed by atoms with Crippen LogP contribution in [0.4, 0.5) is 5.69 Å². The summed E-state index contributed by atoms with van der Waals surface area (Å²) in [5, 5.41) is 2.98. The lowest BCUT2D eigenvalue weighted by molar-refractivity contribution is -0.117. The van der Waals surface area contributed by atoms with Crippen molar-refractivity contribution >= 4 is 24.0 Å². The average molecular weight is 390 g/mol. The van der Waals surface area contributed by atoms with Crippen LogP contribution in [0.25, 0.3) is 0 Å². The van der Waals surface area contributed by atoms with Crippen LogP contribution in [-0.4, -0.2) is 37.0 Å². The molecule has 27 heavy (non-hydrogen) atoms. The fourth-order valence-electron chi connectivity index (χ4n) is 3.21. The molecule has 1 unspecified atom stereocenters. The van der Waals surface area contributed by atoms with Crippen LogP contribution in [0, 0.1) is 12.3 Å². The fraction of sp³-hybridized carbons (Fsp3) is 0.381. The number of para-hydroxylation sites is 2. The van der Waals surface area contributed by atoms with E-state index in [4.69, 9.17) is 10.5 Å². The quantitative estimate of drug-likeness (QED) is 0.788. The molecule has 0 aromatic heterocycles. The van der Waals surface area contributed by atoms with Gasteiger partial charge < -0.3 is 15.8 Å². The molecule has 1 fully saturated rings. The van der Waals surface area contributed by atoms with E-state index in [0.717, 1.165) is 25.3 Å². The van der Waals surface area contributed by atoms with Crippen LogP contribution in [0.1, 0.15) is 18.9 Å². The molecule has 6 heteroatoms. The maximum absolute atomic E-state index is 12.5. The summed E-state index contributed by atoms with van der Waals surface area (Å²) < 4.78 is 5.94. The highest BCUT2D eigenvalue weighted by Gasteiger charge is 2.33. The molecule has 3 rings (SSSR count). The molecule has 0 bridgehead atoms. The summed E-state index contributed by atoms with van der Waals surface area (Å²) in [7, 11) is 0. The number of nitrogens with two attached hydrogens (primary N) is 1. The smallest absolute Gasteiger partial charge is 0.238 e. The zero-order valence-corrected chi connectivity index (χ0v) is 16.7. The van der Waals surface area contributed by atoms with Crippen LogP contribution in [0.5, 0.6) is 11.5 Å². The van der Waals surface area contributed by atoms with E-state index in [-0.39, 0.29) is 23.7 Å². The van der Waals surface area contributed by atoms with Crippen molar-refractivity contribution in [1.29, 1.82) is 0 Å². The second kappa shape index (κ2) is 9.22. The fourth-order valence-corrected chi connectivity index (χ4v) is 3.21. The number of hydrogen-bond acceptors (Lipinski definition) is 4. The molecule has 1 heterocycles. The van der Waals surface area contributed by atoms with Crippen LogP contribution in [0.3, 0.4) is 0 Å². The Morgan fingerprint density at radius 3 is 2.59 bits per heavy atom. The molecule has 2 aromatic carbocycles. The number of nitrogens with one attached hydrogen (secondary N) is 1. The van der Waals surface area contributed by atoms with Gasteiger partial charge in [0.2, 0.25) is 5.91 Å². The molecular weight excluding hydrogens is 362 g/mol. The Bertz CT molecular complexity index is 766. The number of nitrogens with zero attached hydrogens (tertiary/aromatic N) is 1. The molecule has 0 radical (unpaired) electrons. The number of aryl methyl sites for hydroxylation is 1. The number of anilines is 1. The van der Waals surface area contributed by atoms with Gasteiger partial charge in [-0.15, -0.1) is 12.4 Å². The standard InChI is InChI=1S/C21H27N3O2.ClH/c1-16-7-9-17(10-8-16)26-19-6-4-3-5-18(19)23-20(25)13-24-12-11-21(2,14-22)15-24;/h3-10H,11-15,22H2,1-2H3,(H,23,25);1H. The van der Waals surface area contributed by atoms with Crippen LogP contribution in [-0.2, 0) is 4.79 Å². The number of carbonyl (C=O) groups is 1. The summed E-state index contributed by atoms with van der Waals surface area (Å²) in [6.07, 6.45) is 1.03. The van der Waals surface area contributed by atoms with Gasteiger partial charge in [-0.2, -0.15) is 0 Å². The number of benzene rings is 2. The first-order chi connectivity index (χ1) is 12.5. The Hall–Kier alpha value is -2.08. The number of carbonyl (C=O) groups excluding carboxylic acids is 1. The highest BCUT2D eigenvalue weighted by molar-refractivity contribution is 5.93. The van der Waals surface area contributed by atoms with Gasteiger partial charge in [0.25, 0.3) is 0 Å². The Morgan fingerprint density at radius 1 is 1.22 bits per heavy atom. The van der Waals surface area contributed by atoms with E-state index in [0.29, 0.717) is 24.5 Å². The molecule has 3 N–H and O–H groups in total. The molecule has 5 nitrogen and oxygen atoms in total. The maximum atomic E-state index is 12.5. The van der Waals surface area contributed by atoms with E-state index in [1.54, 1.807) is 0 Å². The van der Waals surface area contributed by atoms with E-state index in [2.05, 4.69) is 17.1 Å². The van der Waals surface area contributed by atoms with Crippen molar-refractivity contribution in [3.8, 4) is 11.5 Å². The first-order valence-electron chi connectivity index (χ1n) is 9.03. The van der Waals surface area contributed by atoms with Crippen molar-refractivity contribution in [2.45, 2.75) is 20.3 Å². The molecule has 0 spiro atoms. The number of rotatable bonds is 6. The maximum Gasteiger partial charge on any atom is 0.238 e. The van der Waals surface area contributed by atoms with Gasteiger partial charge in [-0.25, -0.2) is 0 Å². The first-order valence-corrected chi connectivity index (χ1v) is 9.03. The minimum absolute atomic E-state index is 0. The second-order valence-electron chi connectivity index (χ2n) is 7.43. The summed E-state index contributed by atoms with van der Waals surface area (Å²) in [6, 6.07) is 15.3. The summed E-state index contributed by atoms with van der Waals surface area (Å²) >= 11 is 0. The van der Waals surface area contributed by atoms with Crippen molar-refractivity contribution in [3.63, 3.8) is 0 Å². The predicted molar refractivity (Wildman–Crippen MR) is 112 cm³/mol. The molecule has 1 saturated heterocycles. The van der Waals surface area contributed by atoms with Gasteiger partial charge in [0, 0.05) is 6.54 Å². The van der Waals surface area contributed by atoms with Gasteiger partial charge >= 0.3 is 0 Å². The molecular formula is C21H28ClN3O2. The van der Waals surface area contributed by atoms with Crippen LogP contribution >= 0.6 is 12.4 Å². The van der Waals surface area contributed by atoms with Crippen molar-refractivity contribution in [1.82, 2.24) is 4.90 Å². The molecule has 1 amide bonds. The number of amides is 1. The van der Waals surface area contributed by atoms with Gasteiger partial charge in [-0.3, -0.25) is 9.69 Å². The van der Waals surface area contributed by atoms with Crippen LogP contribution in [0.2, 0.25) is 0 Å². The summed E-state index contributed by atoms with van der Waals surface area (Å²) in [6.45, 7) is 7.00. The second-order valence-corrected chi connectivity index (χ2v) is 7.43. The SMILES string of the molecule is Cc1ccc(Oc2ccccc2NC(=O)CN2CCC(C)(CN)C2)cc1.Cl. The molecule has 1 aliphatic heterocycles. The van der Waals surface area contributed by atoms with Gasteiger partial charge in [-0.1, -0.05) is 36.8 Å².